The van der Waals surface area contributed by atoms with Crippen molar-refractivity contribution in [2.24, 2.45) is 5.73 Å². The van der Waals surface area contributed by atoms with E-state index in [1.165, 1.54) is 6.20 Å². The largest absolute Gasteiger partial charge is 0.481 e. The first kappa shape index (κ1) is 24.1. The van der Waals surface area contributed by atoms with Gasteiger partial charge in [-0.25, -0.2) is 0 Å². The lowest BCUT2D eigenvalue weighted by atomic mass is 9.68. The third-order valence-corrected chi connectivity index (χ3v) is 6.15. The third-order valence-electron chi connectivity index (χ3n) is 5.92. The van der Waals surface area contributed by atoms with E-state index in [0.29, 0.717) is 17.1 Å². The topological polar surface area (TPSA) is 96.5 Å². The number of carbonyl (C=O) groups excluding carboxylic acids is 1. The van der Waals surface area contributed by atoms with Crippen LogP contribution in [-0.2, 0) is 10.2 Å². The number of carboxylic acids is 1. The van der Waals surface area contributed by atoms with E-state index in [1.807, 2.05) is 18.2 Å². The zero-order valence-electron chi connectivity index (χ0n) is 16.7. The van der Waals surface area contributed by atoms with Gasteiger partial charge in [-0.2, -0.15) is 0 Å². The second kappa shape index (κ2) is 10.8. The predicted molar refractivity (Wildman–Crippen MR) is 119 cm³/mol. The molecular weight excluding hydrogens is 425 g/mol. The number of benzene rings is 1. The van der Waals surface area contributed by atoms with Crippen LogP contribution < -0.4 is 5.73 Å². The maximum absolute atomic E-state index is 13.1. The molecule has 0 radical (unpaired) electrons. The number of rotatable bonds is 7. The van der Waals surface area contributed by atoms with Crippen LogP contribution in [0.2, 0.25) is 5.02 Å². The van der Waals surface area contributed by atoms with Crippen LogP contribution in [0.5, 0.6) is 0 Å². The quantitative estimate of drug-likeness (QED) is 0.664. The Kier molecular flexibility index (Phi) is 8.65. The van der Waals surface area contributed by atoms with Gasteiger partial charge in [0.1, 0.15) is 0 Å². The maximum Gasteiger partial charge on any atom is 0.305 e. The standard InChI is InChI=1S/C22H26ClN3O3.ClH/c23-18-5-1-4-17(13-18)22(15-24)9-6-19(7-10-22)26(12-8-20(27)28)21(29)16-3-2-11-25-14-16;/h1-5,11,13-14,19H,6-10,12,15,24H2,(H,27,28);1H/t19-,22+;. The van der Waals surface area contributed by atoms with E-state index in [-0.39, 0.29) is 42.7 Å². The number of aliphatic carboxylic acids is 1. The molecule has 1 aromatic heterocycles. The van der Waals surface area contributed by atoms with Crippen molar-refractivity contribution in [3.05, 3.63) is 64.9 Å². The van der Waals surface area contributed by atoms with Crippen molar-refractivity contribution in [1.29, 1.82) is 0 Å². The summed E-state index contributed by atoms with van der Waals surface area (Å²) in [4.78, 5) is 29.9. The molecule has 8 heteroatoms. The lowest BCUT2D eigenvalue weighted by Gasteiger charge is -2.43. The Morgan fingerprint density at radius 2 is 1.97 bits per heavy atom. The SMILES string of the molecule is Cl.NC[C@]1(c2cccc(Cl)c2)CC[C@@H](N(CCC(=O)O)C(=O)c2cccnc2)CC1. The molecule has 3 N–H and O–H groups in total. The Labute approximate surface area is 187 Å². The molecule has 0 aliphatic heterocycles. The van der Waals surface area contributed by atoms with Crippen molar-refractivity contribution < 1.29 is 14.7 Å². The van der Waals surface area contributed by atoms with Gasteiger partial charge >= 0.3 is 5.97 Å². The Morgan fingerprint density at radius 3 is 2.53 bits per heavy atom. The van der Waals surface area contributed by atoms with Crippen molar-refractivity contribution in [2.45, 2.75) is 43.6 Å². The minimum atomic E-state index is -0.917. The second-order valence-electron chi connectivity index (χ2n) is 7.61. The van der Waals surface area contributed by atoms with Gasteiger partial charge in [-0.3, -0.25) is 14.6 Å². The molecule has 1 aliphatic carbocycles. The van der Waals surface area contributed by atoms with Crippen molar-refractivity contribution in [1.82, 2.24) is 9.88 Å². The Hall–Kier alpha value is -2.15. The molecule has 0 saturated heterocycles. The fourth-order valence-corrected chi connectivity index (χ4v) is 4.41. The van der Waals surface area contributed by atoms with E-state index in [0.717, 1.165) is 31.2 Å². The summed E-state index contributed by atoms with van der Waals surface area (Å²) in [6, 6.07) is 11.2. The van der Waals surface area contributed by atoms with Crippen LogP contribution in [-0.4, -0.2) is 46.0 Å². The Morgan fingerprint density at radius 1 is 1.23 bits per heavy atom. The number of carbonyl (C=O) groups is 2. The van der Waals surface area contributed by atoms with E-state index in [4.69, 9.17) is 22.4 Å². The highest BCUT2D eigenvalue weighted by atomic mass is 35.5. The summed E-state index contributed by atoms with van der Waals surface area (Å²) < 4.78 is 0. The highest BCUT2D eigenvalue weighted by molar-refractivity contribution is 6.30. The summed E-state index contributed by atoms with van der Waals surface area (Å²) >= 11 is 6.19. The molecule has 1 aliphatic rings. The molecule has 162 valence electrons. The van der Waals surface area contributed by atoms with Gasteiger partial charge in [-0.05, 0) is 55.5 Å². The number of aromatic nitrogens is 1. The van der Waals surface area contributed by atoms with Gasteiger partial charge in [0.2, 0.25) is 0 Å². The first-order chi connectivity index (χ1) is 13.9. The maximum atomic E-state index is 13.1. The van der Waals surface area contributed by atoms with Crippen LogP contribution in [0.4, 0.5) is 0 Å². The summed E-state index contributed by atoms with van der Waals surface area (Å²) in [7, 11) is 0. The summed E-state index contributed by atoms with van der Waals surface area (Å²) in [5.41, 5.74) is 7.61. The fraction of sp³-hybridized carbons (Fsp3) is 0.409. The molecule has 0 bridgehead atoms. The van der Waals surface area contributed by atoms with Crippen LogP contribution >= 0.6 is 24.0 Å². The van der Waals surface area contributed by atoms with Crippen LogP contribution in [0.25, 0.3) is 0 Å². The molecule has 1 aromatic carbocycles. The van der Waals surface area contributed by atoms with E-state index in [9.17, 15) is 9.59 Å². The zero-order chi connectivity index (χ0) is 20.9. The second-order valence-corrected chi connectivity index (χ2v) is 8.05. The van der Waals surface area contributed by atoms with Gasteiger partial charge in [0.05, 0.1) is 12.0 Å². The Balaban J connectivity index is 0.00000320. The van der Waals surface area contributed by atoms with Gasteiger partial charge in [-0.1, -0.05) is 23.7 Å². The van der Waals surface area contributed by atoms with E-state index >= 15 is 0 Å². The number of carboxylic acid groups (broad SMARTS) is 1. The smallest absolute Gasteiger partial charge is 0.305 e. The first-order valence-electron chi connectivity index (χ1n) is 9.84. The fourth-order valence-electron chi connectivity index (χ4n) is 4.22. The number of hydrogen-bond donors (Lipinski definition) is 2. The normalized spacial score (nSPS) is 20.8. The summed E-state index contributed by atoms with van der Waals surface area (Å²) in [5.74, 6) is -1.09. The molecule has 1 saturated carbocycles. The molecule has 1 heterocycles. The predicted octanol–water partition coefficient (Wildman–Crippen LogP) is 3.91. The Bertz CT molecular complexity index is 856. The molecule has 6 nitrogen and oxygen atoms in total. The molecule has 0 spiro atoms. The molecule has 30 heavy (non-hydrogen) atoms. The van der Waals surface area contributed by atoms with Gasteiger partial charge in [0.15, 0.2) is 0 Å². The van der Waals surface area contributed by atoms with E-state index in [2.05, 4.69) is 11.1 Å². The highest BCUT2D eigenvalue weighted by Crippen LogP contribution is 2.41. The summed E-state index contributed by atoms with van der Waals surface area (Å²) in [6.45, 7) is 0.687. The average Bonchev–Trinajstić information content (AvgIpc) is 2.74. The molecular formula is C22H27Cl2N3O3. The minimum Gasteiger partial charge on any atom is -0.481 e. The molecule has 2 aromatic rings. The average molecular weight is 452 g/mol. The summed E-state index contributed by atoms with van der Waals surface area (Å²) in [5, 5.41) is 9.82. The van der Waals surface area contributed by atoms with E-state index in [1.54, 1.807) is 23.2 Å². The zero-order valence-corrected chi connectivity index (χ0v) is 18.2. The van der Waals surface area contributed by atoms with Crippen molar-refractivity contribution in [3.8, 4) is 0 Å². The lowest BCUT2D eigenvalue weighted by Crippen LogP contribution is -2.48. The summed E-state index contributed by atoms with van der Waals surface area (Å²) in [6.07, 6.45) is 6.20. The van der Waals surface area contributed by atoms with Gasteiger partial charge in [0.25, 0.3) is 5.91 Å². The van der Waals surface area contributed by atoms with Gasteiger partial charge in [0, 0.05) is 42.0 Å². The molecule has 1 fully saturated rings. The van der Waals surface area contributed by atoms with Gasteiger partial charge < -0.3 is 15.7 Å². The number of nitrogens with two attached hydrogens (primary N) is 1. The number of pyridine rings is 1. The van der Waals surface area contributed by atoms with Gasteiger partial charge in [-0.15, -0.1) is 12.4 Å². The van der Waals surface area contributed by atoms with E-state index < -0.39 is 5.97 Å². The lowest BCUT2D eigenvalue weighted by molar-refractivity contribution is -0.137. The highest BCUT2D eigenvalue weighted by Gasteiger charge is 2.38. The number of amides is 1. The number of hydrogen-bond acceptors (Lipinski definition) is 4. The van der Waals surface area contributed by atoms with Crippen LogP contribution in [0, 0.1) is 0 Å². The van der Waals surface area contributed by atoms with Crippen LogP contribution in [0.1, 0.15) is 48.0 Å². The van der Waals surface area contributed by atoms with Crippen LogP contribution in [0.3, 0.4) is 0 Å². The monoisotopic (exact) mass is 451 g/mol. The molecule has 0 unspecified atom stereocenters. The van der Waals surface area contributed by atoms with Crippen molar-refractivity contribution in [3.63, 3.8) is 0 Å². The van der Waals surface area contributed by atoms with Crippen molar-refractivity contribution >= 4 is 35.9 Å². The van der Waals surface area contributed by atoms with Crippen molar-refractivity contribution in [2.75, 3.05) is 13.1 Å². The number of halogens is 2. The number of nitrogens with zero attached hydrogens (tertiary/aromatic N) is 2. The van der Waals surface area contributed by atoms with Crippen LogP contribution in [0.15, 0.2) is 48.8 Å². The minimum absolute atomic E-state index is 0. The molecule has 1 amide bonds. The molecule has 3 rings (SSSR count). The third kappa shape index (κ3) is 5.50. The first-order valence-corrected chi connectivity index (χ1v) is 10.2. The molecule has 0 atom stereocenters.